The zero-order valence-electron chi connectivity index (χ0n) is 20.3. The first kappa shape index (κ1) is 25.4. The lowest BCUT2D eigenvalue weighted by Gasteiger charge is -2.14. The maximum Gasteiger partial charge on any atom is 0.390 e. The molecule has 0 bridgehead atoms. The van der Waals surface area contributed by atoms with E-state index < -0.39 is 24.2 Å². The van der Waals surface area contributed by atoms with E-state index in [0.29, 0.717) is 16.9 Å². The number of pyridine rings is 1. The SMILES string of the molecule is Cc1cc(-c2cnc3c(NCCC(F)(F)F)cc(Oc4ccc(O)c(F)c4)cn23)ccc1C(=O)NC1CC1. The van der Waals surface area contributed by atoms with Gasteiger partial charge in [-0.15, -0.1) is 0 Å². The summed E-state index contributed by atoms with van der Waals surface area (Å²) in [4.78, 5) is 16.9. The maximum absolute atomic E-state index is 13.8. The quantitative estimate of drug-likeness (QED) is 0.237. The highest BCUT2D eigenvalue weighted by Gasteiger charge is 2.27. The van der Waals surface area contributed by atoms with E-state index in [9.17, 15) is 27.5 Å². The Balaban J connectivity index is 1.51. The Hall–Kier alpha value is -4.28. The maximum atomic E-state index is 13.8. The van der Waals surface area contributed by atoms with Crippen LogP contribution in [0.4, 0.5) is 23.2 Å². The van der Waals surface area contributed by atoms with Gasteiger partial charge < -0.3 is 20.5 Å². The number of carbonyl (C=O) groups excluding carboxylic acids is 1. The molecule has 0 unspecified atom stereocenters. The smallest absolute Gasteiger partial charge is 0.390 e. The topological polar surface area (TPSA) is 87.9 Å². The summed E-state index contributed by atoms with van der Waals surface area (Å²) in [7, 11) is 0. The van der Waals surface area contributed by atoms with Gasteiger partial charge in [-0.1, -0.05) is 6.07 Å². The second-order valence-corrected chi connectivity index (χ2v) is 9.21. The fraction of sp³-hybridized carbons (Fsp3) is 0.259. The molecule has 7 nitrogen and oxygen atoms in total. The van der Waals surface area contributed by atoms with Gasteiger partial charge in [0, 0.05) is 35.8 Å². The number of aromatic hydroxyl groups is 1. The van der Waals surface area contributed by atoms with Crippen LogP contribution in [0.1, 0.15) is 35.2 Å². The minimum atomic E-state index is -4.34. The number of halogens is 4. The molecule has 0 aliphatic heterocycles. The Morgan fingerprint density at radius 1 is 1.16 bits per heavy atom. The fourth-order valence-electron chi connectivity index (χ4n) is 4.06. The summed E-state index contributed by atoms with van der Waals surface area (Å²) >= 11 is 0. The van der Waals surface area contributed by atoms with Crippen LogP contribution in [0.3, 0.4) is 0 Å². The molecule has 1 aliphatic rings. The van der Waals surface area contributed by atoms with Gasteiger partial charge in [0.2, 0.25) is 0 Å². The van der Waals surface area contributed by atoms with E-state index in [0.717, 1.165) is 36.1 Å². The van der Waals surface area contributed by atoms with E-state index in [1.807, 2.05) is 13.0 Å². The van der Waals surface area contributed by atoms with E-state index in [1.165, 1.54) is 12.1 Å². The molecule has 4 aromatic rings. The minimum Gasteiger partial charge on any atom is -0.505 e. The molecule has 2 heterocycles. The zero-order chi connectivity index (χ0) is 27.0. The number of ether oxygens (including phenoxy) is 1. The number of nitrogens with zero attached hydrogens (tertiary/aromatic N) is 2. The number of fused-ring (bicyclic) bond motifs is 1. The van der Waals surface area contributed by atoms with Crippen LogP contribution in [0.2, 0.25) is 0 Å². The van der Waals surface area contributed by atoms with Crippen molar-refractivity contribution >= 4 is 17.2 Å². The number of aromatic nitrogens is 2. The van der Waals surface area contributed by atoms with Crippen molar-refractivity contribution in [3.63, 3.8) is 0 Å². The van der Waals surface area contributed by atoms with Crippen LogP contribution in [0.5, 0.6) is 17.2 Å². The van der Waals surface area contributed by atoms with Gasteiger partial charge in [0.05, 0.1) is 30.2 Å². The monoisotopic (exact) mass is 528 g/mol. The molecule has 2 aromatic heterocycles. The van der Waals surface area contributed by atoms with Gasteiger partial charge in [0.15, 0.2) is 17.2 Å². The third-order valence-electron chi connectivity index (χ3n) is 6.14. The highest BCUT2D eigenvalue weighted by Crippen LogP contribution is 2.33. The first-order valence-corrected chi connectivity index (χ1v) is 12.0. The van der Waals surface area contributed by atoms with Crippen LogP contribution in [0.25, 0.3) is 16.9 Å². The largest absolute Gasteiger partial charge is 0.505 e. The standard InChI is InChI=1S/C27H24F4N4O3/c1-15-10-16(2-6-20(15)26(37)34-17-3-4-17)23-13-33-25-22(32-9-8-27(29,30)31)12-19(14-35(23)25)38-18-5-7-24(36)21(28)11-18/h2,5-7,10-14,17,32,36H,3-4,8-9H2,1H3,(H,34,37). The summed E-state index contributed by atoms with van der Waals surface area (Å²) < 4.78 is 59.6. The molecule has 1 amide bonds. The number of rotatable bonds is 8. The molecule has 11 heteroatoms. The molecule has 2 aromatic carbocycles. The lowest BCUT2D eigenvalue weighted by atomic mass is 10.0. The Kier molecular flexibility index (Phi) is 6.60. The van der Waals surface area contributed by atoms with Crippen molar-refractivity contribution in [1.82, 2.24) is 14.7 Å². The van der Waals surface area contributed by atoms with Gasteiger partial charge in [0.25, 0.3) is 5.91 Å². The second kappa shape index (κ2) is 9.88. The third kappa shape index (κ3) is 5.66. The molecule has 1 fully saturated rings. The Morgan fingerprint density at radius 2 is 1.95 bits per heavy atom. The molecular weight excluding hydrogens is 504 g/mol. The highest BCUT2D eigenvalue weighted by atomic mass is 19.4. The number of imidazole rings is 1. The number of hydrogen-bond donors (Lipinski definition) is 3. The van der Waals surface area contributed by atoms with Crippen molar-refractivity contribution in [1.29, 1.82) is 0 Å². The van der Waals surface area contributed by atoms with E-state index >= 15 is 0 Å². The lowest BCUT2D eigenvalue weighted by Crippen LogP contribution is -2.26. The van der Waals surface area contributed by atoms with Crippen LogP contribution >= 0.6 is 0 Å². The molecular formula is C27H24F4N4O3. The van der Waals surface area contributed by atoms with E-state index in [4.69, 9.17) is 4.74 Å². The first-order chi connectivity index (χ1) is 18.1. The molecule has 198 valence electrons. The fourth-order valence-corrected chi connectivity index (χ4v) is 4.06. The number of benzene rings is 2. The van der Waals surface area contributed by atoms with Crippen LogP contribution in [0.15, 0.2) is 54.9 Å². The number of aryl methyl sites for hydroxylation is 1. The predicted molar refractivity (Wildman–Crippen MR) is 133 cm³/mol. The Bertz CT molecular complexity index is 1510. The van der Waals surface area contributed by atoms with Crippen LogP contribution in [0, 0.1) is 12.7 Å². The summed E-state index contributed by atoms with van der Waals surface area (Å²) in [5.74, 6) is -1.26. The van der Waals surface area contributed by atoms with Gasteiger partial charge in [-0.3, -0.25) is 9.20 Å². The number of hydrogen-bond acceptors (Lipinski definition) is 5. The molecule has 1 aliphatic carbocycles. The van der Waals surface area contributed by atoms with Crippen molar-refractivity contribution in [2.75, 3.05) is 11.9 Å². The van der Waals surface area contributed by atoms with Gasteiger partial charge in [0.1, 0.15) is 11.5 Å². The first-order valence-electron chi connectivity index (χ1n) is 12.0. The van der Waals surface area contributed by atoms with Crippen molar-refractivity contribution in [3.8, 4) is 28.5 Å². The summed E-state index contributed by atoms with van der Waals surface area (Å²) in [5, 5.41) is 15.2. The highest BCUT2D eigenvalue weighted by molar-refractivity contribution is 5.96. The van der Waals surface area contributed by atoms with Gasteiger partial charge >= 0.3 is 6.18 Å². The number of carbonyl (C=O) groups is 1. The third-order valence-corrected chi connectivity index (χ3v) is 6.14. The number of anilines is 1. The summed E-state index contributed by atoms with van der Waals surface area (Å²) in [6.07, 6.45) is -0.277. The van der Waals surface area contributed by atoms with Crippen LogP contribution in [-0.2, 0) is 0 Å². The average molecular weight is 529 g/mol. The van der Waals surface area contributed by atoms with Gasteiger partial charge in [-0.2, -0.15) is 13.2 Å². The van der Waals surface area contributed by atoms with Gasteiger partial charge in [-0.25, -0.2) is 9.37 Å². The van der Waals surface area contributed by atoms with Crippen molar-refractivity contribution in [3.05, 3.63) is 71.8 Å². The zero-order valence-corrected chi connectivity index (χ0v) is 20.3. The number of nitrogens with one attached hydrogen (secondary N) is 2. The summed E-state index contributed by atoms with van der Waals surface area (Å²) in [6, 6.07) is 10.5. The Morgan fingerprint density at radius 3 is 2.63 bits per heavy atom. The van der Waals surface area contributed by atoms with Gasteiger partial charge in [-0.05, 0) is 49.6 Å². The molecule has 5 rings (SSSR count). The molecule has 0 spiro atoms. The molecule has 1 saturated carbocycles. The summed E-state index contributed by atoms with van der Waals surface area (Å²) in [5.41, 5.74) is 3.30. The molecule has 38 heavy (non-hydrogen) atoms. The second-order valence-electron chi connectivity index (χ2n) is 9.21. The Labute approximate surface area is 215 Å². The number of phenols is 1. The van der Waals surface area contributed by atoms with E-state index in [-0.39, 0.29) is 35.7 Å². The molecule has 3 N–H and O–H groups in total. The number of amides is 1. The lowest BCUT2D eigenvalue weighted by molar-refractivity contribution is -0.131. The van der Waals surface area contributed by atoms with Crippen molar-refractivity contribution in [2.24, 2.45) is 0 Å². The summed E-state index contributed by atoms with van der Waals surface area (Å²) in [6.45, 7) is 1.44. The van der Waals surface area contributed by atoms with Crippen molar-refractivity contribution in [2.45, 2.75) is 38.4 Å². The predicted octanol–water partition coefficient (Wildman–Crippen LogP) is 6.20. The average Bonchev–Trinajstić information content (AvgIpc) is 3.55. The van der Waals surface area contributed by atoms with E-state index in [1.54, 1.807) is 28.9 Å². The number of alkyl halides is 3. The molecule has 0 radical (unpaired) electrons. The number of phenolic OH excluding ortho intramolecular Hbond substituents is 1. The minimum absolute atomic E-state index is 0.0874. The van der Waals surface area contributed by atoms with Crippen LogP contribution < -0.4 is 15.4 Å². The normalized spacial score (nSPS) is 13.5. The molecule has 0 atom stereocenters. The van der Waals surface area contributed by atoms with E-state index in [2.05, 4.69) is 15.6 Å². The molecule has 0 saturated heterocycles. The van der Waals surface area contributed by atoms with Crippen molar-refractivity contribution < 1.29 is 32.2 Å². The van der Waals surface area contributed by atoms with Crippen LogP contribution in [-0.4, -0.2) is 39.2 Å².